The third-order valence-electron chi connectivity index (χ3n) is 2.96. The quantitative estimate of drug-likeness (QED) is 0.811. The second-order valence-corrected chi connectivity index (χ2v) is 5.76. The molecular formula is C15H25N3O2. The normalized spacial score (nSPS) is 12.6. The van der Waals surface area contributed by atoms with Gasteiger partial charge in [0.05, 0.1) is 7.11 Å². The Morgan fingerprint density at radius 2 is 1.95 bits per heavy atom. The van der Waals surface area contributed by atoms with E-state index in [1.165, 1.54) is 7.11 Å². The largest absolute Gasteiger partial charge is 0.467 e. The maximum atomic E-state index is 11.8. The molecule has 0 aromatic carbocycles. The van der Waals surface area contributed by atoms with Gasteiger partial charge in [-0.2, -0.15) is 0 Å². The van der Waals surface area contributed by atoms with Gasteiger partial charge in [0.2, 0.25) is 5.95 Å². The van der Waals surface area contributed by atoms with Gasteiger partial charge in [-0.1, -0.05) is 27.7 Å². The van der Waals surface area contributed by atoms with Crippen LogP contribution in [0.15, 0.2) is 6.07 Å². The number of nitrogens with zero attached hydrogens (tertiary/aromatic N) is 2. The molecule has 20 heavy (non-hydrogen) atoms. The van der Waals surface area contributed by atoms with Gasteiger partial charge in [0, 0.05) is 11.4 Å². The summed E-state index contributed by atoms with van der Waals surface area (Å²) < 4.78 is 4.84. The number of hydrogen-bond donors (Lipinski definition) is 1. The van der Waals surface area contributed by atoms with E-state index in [0.29, 0.717) is 24.2 Å². The summed E-state index contributed by atoms with van der Waals surface area (Å²) in [6, 6.07) is 1.55. The van der Waals surface area contributed by atoms with Crippen molar-refractivity contribution in [2.45, 2.75) is 53.0 Å². The lowest BCUT2D eigenvalue weighted by molar-refractivity contribution is -0.141. The summed E-state index contributed by atoms with van der Waals surface area (Å²) in [7, 11) is 1.40. The highest BCUT2D eigenvalue weighted by molar-refractivity contribution is 5.78. The number of esters is 1. The highest BCUT2D eigenvalue weighted by atomic mass is 16.5. The van der Waals surface area contributed by atoms with Crippen LogP contribution in [0, 0.1) is 12.8 Å². The number of carbonyl (C=O) groups is 1. The molecule has 1 heterocycles. The fourth-order valence-electron chi connectivity index (χ4n) is 1.94. The van der Waals surface area contributed by atoms with E-state index in [1.807, 2.05) is 13.0 Å². The van der Waals surface area contributed by atoms with Crippen LogP contribution in [0.4, 0.5) is 5.95 Å². The Kier molecular flexibility index (Phi) is 5.92. The molecule has 1 aromatic heterocycles. The van der Waals surface area contributed by atoms with Crippen LogP contribution >= 0.6 is 0 Å². The van der Waals surface area contributed by atoms with E-state index in [1.54, 1.807) is 0 Å². The van der Waals surface area contributed by atoms with Gasteiger partial charge in [0.1, 0.15) is 6.04 Å². The summed E-state index contributed by atoms with van der Waals surface area (Å²) >= 11 is 0. The average Bonchev–Trinajstić information content (AvgIpc) is 2.35. The average molecular weight is 279 g/mol. The van der Waals surface area contributed by atoms with E-state index >= 15 is 0 Å². The van der Waals surface area contributed by atoms with Crippen LogP contribution < -0.4 is 5.32 Å². The highest BCUT2D eigenvalue weighted by Crippen LogP contribution is 2.16. The molecule has 0 amide bonds. The van der Waals surface area contributed by atoms with Crippen molar-refractivity contribution in [2.75, 3.05) is 12.4 Å². The molecule has 1 N–H and O–H groups in total. The van der Waals surface area contributed by atoms with Crippen molar-refractivity contribution in [1.29, 1.82) is 0 Å². The van der Waals surface area contributed by atoms with Crippen LogP contribution in [0.3, 0.4) is 0 Å². The molecule has 1 atom stereocenters. The first-order chi connectivity index (χ1) is 9.33. The molecule has 1 rings (SSSR count). The molecule has 112 valence electrons. The molecule has 5 nitrogen and oxygen atoms in total. The van der Waals surface area contributed by atoms with E-state index < -0.39 is 6.04 Å². The first kappa shape index (κ1) is 16.4. The molecule has 0 spiro atoms. The Bertz CT molecular complexity index is 458. The van der Waals surface area contributed by atoms with Crippen LogP contribution in [0.25, 0.3) is 0 Å². The van der Waals surface area contributed by atoms with Gasteiger partial charge in [0.25, 0.3) is 0 Å². The van der Waals surface area contributed by atoms with Crippen LogP contribution in [-0.2, 0) is 9.53 Å². The topological polar surface area (TPSA) is 64.1 Å². The zero-order valence-electron chi connectivity index (χ0n) is 13.2. The Hall–Kier alpha value is -1.65. The fraction of sp³-hybridized carbons (Fsp3) is 0.667. The lowest BCUT2D eigenvalue weighted by Crippen LogP contribution is -2.33. The number of ether oxygens (including phenoxy) is 1. The third kappa shape index (κ3) is 4.79. The molecule has 0 saturated carbocycles. The monoisotopic (exact) mass is 279 g/mol. The maximum absolute atomic E-state index is 11.8. The number of hydrogen-bond acceptors (Lipinski definition) is 5. The molecule has 5 heteroatoms. The first-order valence-corrected chi connectivity index (χ1v) is 7.03. The zero-order chi connectivity index (χ0) is 15.3. The lowest BCUT2D eigenvalue weighted by atomic mass is 10.0. The van der Waals surface area contributed by atoms with Gasteiger partial charge >= 0.3 is 5.97 Å². The van der Waals surface area contributed by atoms with E-state index in [-0.39, 0.29) is 5.97 Å². The second kappa shape index (κ2) is 7.22. The zero-order valence-corrected chi connectivity index (χ0v) is 13.2. The molecule has 0 bridgehead atoms. The highest BCUT2D eigenvalue weighted by Gasteiger charge is 2.21. The van der Waals surface area contributed by atoms with Gasteiger partial charge in [0.15, 0.2) is 0 Å². The van der Waals surface area contributed by atoms with Gasteiger partial charge in [-0.25, -0.2) is 14.8 Å². The van der Waals surface area contributed by atoms with E-state index in [4.69, 9.17) is 4.74 Å². The van der Waals surface area contributed by atoms with Crippen molar-refractivity contribution in [1.82, 2.24) is 9.97 Å². The number of aryl methyl sites for hydroxylation is 1. The van der Waals surface area contributed by atoms with Crippen LogP contribution in [0.5, 0.6) is 0 Å². The molecule has 0 aliphatic carbocycles. The summed E-state index contributed by atoms with van der Waals surface area (Å²) in [4.78, 5) is 20.6. The van der Waals surface area contributed by atoms with Crippen molar-refractivity contribution < 1.29 is 9.53 Å². The Morgan fingerprint density at radius 1 is 1.30 bits per heavy atom. The molecule has 0 aliphatic heterocycles. The summed E-state index contributed by atoms with van der Waals surface area (Å²) in [6.07, 6.45) is 0.682. The van der Waals surface area contributed by atoms with Crippen molar-refractivity contribution in [3.63, 3.8) is 0 Å². The fourth-order valence-corrected chi connectivity index (χ4v) is 1.94. The van der Waals surface area contributed by atoms with Crippen molar-refractivity contribution in [3.05, 3.63) is 17.5 Å². The maximum Gasteiger partial charge on any atom is 0.328 e. The summed E-state index contributed by atoms with van der Waals surface area (Å²) in [5, 5.41) is 3.10. The van der Waals surface area contributed by atoms with Crippen molar-refractivity contribution in [2.24, 2.45) is 5.92 Å². The molecule has 0 aliphatic rings. The van der Waals surface area contributed by atoms with E-state index in [0.717, 1.165) is 11.4 Å². The molecule has 1 aromatic rings. The first-order valence-electron chi connectivity index (χ1n) is 7.03. The SMILES string of the molecule is COC(=O)C(CC(C)C)Nc1nc(C)cc(C(C)C)n1. The number of anilines is 1. The number of rotatable bonds is 6. The second-order valence-electron chi connectivity index (χ2n) is 5.76. The Morgan fingerprint density at radius 3 is 2.45 bits per heavy atom. The summed E-state index contributed by atoms with van der Waals surface area (Å²) in [5.41, 5.74) is 1.85. The molecule has 0 radical (unpaired) electrons. The van der Waals surface area contributed by atoms with Gasteiger partial charge in [-0.15, -0.1) is 0 Å². The smallest absolute Gasteiger partial charge is 0.328 e. The predicted octanol–water partition coefficient (Wildman–Crippen LogP) is 2.91. The minimum atomic E-state index is -0.415. The number of carbonyl (C=O) groups excluding carboxylic acids is 1. The van der Waals surface area contributed by atoms with E-state index in [2.05, 4.69) is 43.0 Å². The number of aromatic nitrogens is 2. The van der Waals surface area contributed by atoms with Crippen molar-refractivity contribution >= 4 is 11.9 Å². The third-order valence-corrected chi connectivity index (χ3v) is 2.96. The molecule has 0 saturated heterocycles. The Balaban J connectivity index is 2.95. The van der Waals surface area contributed by atoms with Crippen LogP contribution in [0.2, 0.25) is 0 Å². The minimum absolute atomic E-state index is 0.282. The number of nitrogens with one attached hydrogen (secondary N) is 1. The molecule has 0 fully saturated rings. The van der Waals surface area contributed by atoms with Gasteiger partial charge in [-0.3, -0.25) is 0 Å². The minimum Gasteiger partial charge on any atom is -0.467 e. The predicted molar refractivity (Wildman–Crippen MR) is 79.7 cm³/mol. The van der Waals surface area contributed by atoms with Crippen LogP contribution in [-0.4, -0.2) is 29.1 Å². The van der Waals surface area contributed by atoms with Crippen LogP contribution in [0.1, 0.15) is 51.4 Å². The van der Waals surface area contributed by atoms with Gasteiger partial charge < -0.3 is 10.1 Å². The van der Waals surface area contributed by atoms with Gasteiger partial charge in [-0.05, 0) is 31.2 Å². The molecule has 1 unspecified atom stereocenters. The standard InChI is InChI=1S/C15H25N3O2/c1-9(2)7-13(14(19)20-6)18-15-16-11(5)8-12(17-15)10(3)4/h8-10,13H,7H2,1-6H3,(H,16,17,18). The van der Waals surface area contributed by atoms with E-state index in [9.17, 15) is 4.79 Å². The number of methoxy groups -OCH3 is 1. The Labute approximate surface area is 121 Å². The molecular weight excluding hydrogens is 254 g/mol. The lowest BCUT2D eigenvalue weighted by Gasteiger charge is -2.19. The summed E-state index contributed by atoms with van der Waals surface area (Å²) in [5.74, 6) is 0.902. The summed E-state index contributed by atoms with van der Waals surface area (Å²) in [6.45, 7) is 10.2. The van der Waals surface area contributed by atoms with Crippen molar-refractivity contribution in [3.8, 4) is 0 Å².